The predicted octanol–water partition coefficient (Wildman–Crippen LogP) is 3.34. The van der Waals surface area contributed by atoms with E-state index < -0.39 is 5.82 Å². The minimum Gasteiger partial charge on any atom is -0.356 e. The van der Waals surface area contributed by atoms with Gasteiger partial charge in [0.2, 0.25) is 5.91 Å². The highest BCUT2D eigenvalue weighted by atomic mass is 19.1. The van der Waals surface area contributed by atoms with Crippen LogP contribution in [0.3, 0.4) is 0 Å². The number of carbonyl (C=O) groups is 1. The van der Waals surface area contributed by atoms with E-state index in [-0.39, 0.29) is 17.4 Å². The molecule has 0 aliphatic carbocycles. The second kappa shape index (κ2) is 10.2. The minimum atomic E-state index is -0.427. The van der Waals surface area contributed by atoms with E-state index >= 15 is 0 Å². The van der Waals surface area contributed by atoms with Crippen molar-refractivity contribution in [3.63, 3.8) is 0 Å². The second-order valence-corrected chi connectivity index (χ2v) is 8.09. The van der Waals surface area contributed by atoms with Gasteiger partial charge in [0.05, 0.1) is 11.6 Å². The molecule has 1 N–H and O–H groups in total. The summed E-state index contributed by atoms with van der Waals surface area (Å²) >= 11 is 0. The molecule has 0 saturated carbocycles. The van der Waals surface area contributed by atoms with E-state index in [1.165, 1.54) is 28.4 Å². The van der Waals surface area contributed by atoms with Crippen molar-refractivity contribution in [2.75, 3.05) is 24.5 Å². The Morgan fingerprint density at radius 1 is 1.09 bits per heavy atom. The molecular weight excluding hydrogens is 407 g/mol. The molecule has 0 spiro atoms. The fourth-order valence-corrected chi connectivity index (χ4v) is 4.06. The zero-order valence-corrected chi connectivity index (χ0v) is 17.9. The number of hydrogen-bond acceptors (Lipinski definition) is 4. The monoisotopic (exact) mass is 434 g/mol. The lowest BCUT2D eigenvalue weighted by Gasteiger charge is -2.33. The Morgan fingerprint density at radius 3 is 2.75 bits per heavy atom. The lowest BCUT2D eigenvalue weighted by molar-refractivity contribution is -0.125. The molecular formula is C25H27FN4O2. The van der Waals surface area contributed by atoms with Gasteiger partial charge in [0, 0.05) is 25.7 Å². The van der Waals surface area contributed by atoms with Crippen LogP contribution in [0.4, 0.5) is 10.2 Å². The number of hydrogen-bond donors (Lipinski definition) is 1. The Bertz CT molecular complexity index is 1120. The van der Waals surface area contributed by atoms with Gasteiger partial charge in [-0.25, -0.2) is 4.39 Å². The van der Waals surface area contributed by atoms with Crippen molar-refractivity contribution >= 4 is 11.7 Å². The van der Waals surface area contributed by atoms with E-state index in [0.29, 0.717) is 24.6 Å². The van der Waals surface area contributed by atoms with Gasteiger partial charge in [-0.05, 0) is 55.5 Å². The fraction of sp³-hybridized carbons (Fsp3) is 0.320. The van der Waals surface area contributed by atoms with Crippen LogP contribution in [-0.4, -0.2) is 35.3 Å². The van der Waals surface area contributed by atoms with E-state index in [4.69, 9.17) is 0 Å². The number of aromatic nitrogens is 2. The SMILES string of the molecule is O=C(NCCCc1ccccc1)[C@@H]1CCCN(c2ccc(=O)n(-c3cccc(F)c3)n2)C1. The normalized spacial score (nSPS) is 16.0. The average Bonchev–Trinajstić information content (AvgIpc) is 2.83. The lowest BCUT2D eigenvalue weighted by Crippen LogP contribution is -2.44. The molecule has 32 heavy (non-hydrogen) atoms. The molecule has 6 nitrogen and oxygen atoms in total. The largest absolute Gasteiger partial charge is 0.356 e. The standard InChI is InChI=1S/C25H27FN4O2/c26-21-11-4-12-22(17-21)30-24(31)14-13-23(28-30)29-16-6-10-20(18-29)25(32)27-15-5-9-19-7-2-1-3-8-19/h1-4,7-8,11-14,17,20H,5-6,9-10,15-16,18H2,(H,27,32)/t20-/m1/s1. The number of rotatable bonds is 7. The number of piperidine rings is 1. The van der Waals surface area contributed by atoms with Crippen LogP contribution in [0.1, 0.15) is 24.8 Å². The van der Waals surface area contributed by atoms with E-state index in [1.54, 1.807) is 18.2 Å². The van der Waals surface area contributed by atoms with Crippen molar-refractivity contribution in [2.24, 2.45) is 5.92 Å². The summed E-state index contributed by atoms with van der Waals surface area (Å²) in [6, 6.07) is 19.1. The maximum atomic E-state index is 13.6. The summed E-state index contributed by atoms with van der Waals surface area (Å²) in [6.45, 7) is 1.94. The molecule has 1 aliphatic heterocycles. The maximum absolute atomic E-state index is 13.6. The third-order valence-corrected chi connectivity index (χ3v) is 5.74. The highest BCUT2D eigenvalue weighted by Crippen LogP contribution is 2.21. The smallest absolute Gasteiger partial charge is 0.271 e. The molecule has 2 aromatic carbocycles. The van der Waals surface area contributed by atoms with Crippen molar-refractivity contribution < 1.29 is 9.18 Å². The summed E-state index contributed by atoms with van der Waals surface area (Å²) < 4.78 is 14.8. The van der Waals surface area contributed by atoms with E-state index in [9.17, 15) is 14.0 Å². The second-order valence-electron chi connectivity index (χ2n) is 8.09. The summed E-state index contributed by atoms with van der Waals surface area (Å²) in [5.41, 5.74) is 1.32. The molecule has 2 heterocycles. The van der Waals surface area contributed by atoms with Gasteiger partial charge in [0.1, 0.15) is 11.6 Å². The van der Waals surface area contributed by atoms with Gasteiger partial charge < -0.3 is 10.2 Å². The van der Waals surface area contributed by atoms with Crippen molar-refractivity contribution in [3.8, 4) is 5.69 Å². The van der Waals surface area contributed by atoms with Crippen LogP contribution in [0.5, 0.6) is 0 Å². The summed E-state index contributed by atoms with van der Waals surface area (Å²) in [6.07, 6.45) is 3.52. The van der Waals surface area contributed by atoms with Crippen LogP contribution in [0, 0.1) is 11.7 Å². The highest BCUT2D eigenvalue weighted by Gasteiger charge is 2.26. The van der Waals surface area contributed by atoms with Crippen molar-refractivity contribution in [3.05, 3.63) is 88.5 Å². The van der Waals surface area contributed by atoms with Crippen molar-refractivity contribution in [2.45, 2.75) is 25.7 Å². The maximum Gasteiger partial charge on any atom is 0.271 e. The predicted molar refractivity (Wildman–Crippen MR) is 123 cm³/mol. The van der Waals surface area contributed by atoms with Crippen molar-refractivity contribution in [1.29, 1.82) is 0 Å². The van der Waals surface area contributed by atoms with Crippen LogP contribution in [0.25, 0.3) is 5.69 Å². The van der Waals surface area contributed by atoms with Crippen molar-refractivity contribution in [1.82, 2.24) is 15.1 Å². The van der Waals surface area contributed by atoms with Gasteiger partial charge in [-0.2, -0.15) is 4.68 Å². The Kier molecular flexibility index (Phi) is 6.94. The van der Waals surface area contributed by atoms with Gasteiger partial charge >= 0.3 is 0 Å². The lowest BCUT2D eigenvalue weighted by atomic mass is 9.97. The van der Waals surface area contributed by atoms with Crippen LogP contribution < -0.4 is 15.8 Å². The fourth-order valence-electron chi connectivity index (χ4n) is 4.06. The molecule has 3 aromatic rings. The Hall–Kier alpha value is -3.48. The van der Waals surface area contributed by atoms with Gasteiger partial charge in [0.15, 0.2) is 0 Å². The van der Waals surface area contributed by atoms with Crippen LogP contribution in [0.2, 0.25) is 0 Å². The number of carbonyl (C=O) groups excluding carboxylic acids is 1. The highest BCUT2D eigenvalue weighted by molar-refractivity contribution is 5.79. The summed E-state index contributed by atoms with van der Waals surface area (Å²) in [5.74, 6) is 0.108. The Balaban J connectivity index is 1.37. The molecule has 1 fully saturated rings. The molecule has 0 bridgehead atoms. The molecule has 1 amide bonds. The number of anilines is 1. The number of nitrogens with one attached hydrogen (secondary N) is 1. The molecule has 0 radical (unpaired) electrons. The Labute approximate surface area is 186 Å². The number of benzene rings is 2. The number of amides is 1. The first-order chi connectivity index (χ1) is 15.6. The van der Waals surface area contributed by atoms with Gasteiger partial charge in [-0.3, -0.25) is 9.59 Å². The zero-order valence-electron chi connectivity index (χ0n) is 17.9. The zero-order chi connectivity index (χ0) is 22.3. The summed E-state index contributed by atoms with van der Waals surface area (Å²) in [7, 11) is 0. The van der Waals surface area contributed by atoms with Gasteiger partial charge in [0.25, 0.3) is 5.56 Å². The average molecular weight is 435 g/mol. The quantitative estimate of drug-likeness (QED) is 0.580. The van der Waals surface area contributed by atoms with E-state index in [0.717, 1.165) is 32.2 Å². The topological polar surface area (TPSA) is 67.2 Å². The summed E-state index contributed by atoms with van der Waals surface area (Å²) in [4.78, 5) is 27.0. The minimum absolute atomic E-state index is 0.0567. The summed E-state index contributed by atoms with van der Waals surface area (Å²) in [5, 5.41) is 7.51. The molecule has 1 aromatic heterocycles. The van der Waals surface area contributed by atoms with Gasteiger partial charge in [-0.15, -0.1) is 5.10 Å². The first-order valence-electron chi connectivity index (χ1n) is 11.0. The first kappa shape index (κ1) is 21.7. The molecule has 1 atom stereocenters. The van der Waals surface area contributed by atoms with Crippen LogP contribution in [-0.2, 0) is 11.2 Å². The van der Waals surface area contributed by atoms with E-state index in [2.05, 4.69) is 22.5 Å². The molecule has 166 valence electrons. The van der Waals surface area contributed by atoms with E-state index in [1.807, 2.05) is 23.1 Å². The molecule has 0 unspecified atom stereocenters. The third kappa shape index (κ3) is 5.41. The number of halogens is 1. The van der Waals surface area contributed by atoms with Crippen LogP contribution in [0.15, 0.2) is 71.5 Å². The molecule has 4 rings (SSSR count). The van der Waals surface area contributed by atoms with Crippen LogP contribution >= 0.6 is 0 Å². The number of aryl methyl sites for hydroxylation is 1. The molecule has 7 heteroatoms. The molecule has 1 saturated heterocycles. The third-order valence-electron chi connectivity index (χ3n) is 5.74. The Morgan fingerprint density at radius 2 is 1.94 bits per heavy atom. The number of nitrogens with zero attached hydrogens (tertiary/aromatic N) is 3. The molecule has 1 aliphatic rings. The van der Waals surface area contributed by atoms with Gasteiger partial charge in [-0.1, -0.05) is 36.4 Å². The first-order valence-corrected chi connectivity index (χ1v) is 11.0.